The molecule has 0 unspecified atom stereocenters. The number of hydrogen-bond acceptors (Lipinski definition) is 2. The highest BCUT2D eigenvalue weighted by Crippen LogP contribution is 2.27. The molecule has 5 heteroatoms. The maximum absolute atomic E-state index is 12.7. The minimum absolute atomic E-state index is 0.0456. The summed E-state index contributed by atoms with van der Waals surface area (Å²) >= 11 is 12.3. The second kappa shape index (κ2) is 8.22. The van der Waals surface area contributed by atoms with Crippen molar-refractivity contribution < 1.29 is 4.79 Å². The fourth-order valence-electron chi connectivity index (χ4n) is 2.88. The largest absolute Gasteiger partial charge is 0.324 e. The summed E-state index contributed by atoms with van der Waals surface area (Å²) in [4.78, 5) is 14.6. The molecule has 0 radical (unpaired) electrons. The van der Waals surface area contributed by atoms with E-state index in [1.165, 1.54) is 5.56 Å². The van der Waals surface area contributed by atoms with Crippen molar-refractivity contribution in [2.45, 2.75) is 40.3 Å². The van der Waals surface area contributed by atoms with Gasteiger partial charge in [-0.2, -0.15) is 0 Å². The lowest BCUT2D eigenvalue weighted by atomic mass is 10.0. The van der Waals surface area contributed by atoms with Crippen molar-refractivity contribution in [3.8, 4) is 0 Å². The minimum Gasteiger partial charge on any atom is -0.324 e. The van der Waals surface area contributed by atoms with Crippen molar-refractivity contribution in [2.24, 2.45) is 0 Å². The van der Waals surface area contributed by atoms with E-state index in [0.717, 1.165) is 22.4 Å². The third-order valence-corrected chi connectivity index (χ3v) is 5.28. The Labute approximate surface area is 159 Å². The lowest BCUT2D eigenvalue weighted by Gasteiger charge is -2.25. The summed E-state index contributed by atoms with van der Waals surface area (Å²) in [5.74, 6) is -0.0456. The first-order valence-electron chi connectivity index (χ1n) is 8.22. The molecule has 2 aromatic rings. The smallest absolute Gasteiger partial charge is 0.241 e. The van der Waals surface area contributed by atoms with E-state index in [4.69, 9.17) is 23.2 Å². The van der Waals surface area contributed by atoms with E-state index in [-0.39, 0.29) is 11.9 Å². The molecular formula is C20H24Cl2N2O. The number of benzene rings is 2. The number of rotatable bonds is 5. The zero-order valence-electron chi connectivity index (χ0n) is 15.3. The van der Waals surface area contributed by atoms with Gasteiger partial charge >= 0.3 is 0 Å². The van der Waals surface area contributed by atoms with Gasteiger partial charge < -0.3 is 5.32 Å². The van der Waals surface area contributed by atoms with Gasteiger partial charge in [0.05, 0.1) is 16.1 Å². The van der Waals surface area contributed by atoms with Crippen LogP contribution in [-0.4, -0.2) is 23.9 Å². The molecule has 0 spiro atoms. The van der Waals surface area contributed by atoms with Crippen molar-refractivity contribution in [3.05, 3.63) is 62.6 Å². The molecule has 0 bridgehead atoms. The van der Waals surface area contributed by atoms with Crippen LogP contribution in [0.5, 0.6) is 0 Å². The summed E-state index contributed by atoms with van der Waals surface area (Å²) in [6.45, 7) is 8.49. The van der Waals surface area contributed by atoms with Gasteiger partial charge in [-0.1, -0.05) is 53.0 Å². The van der Waals surface area contributed by atoms with E-state index in [9.17, 15) is 4.79 Å². The molecule has 0 heterocycles. The van der Waals surface area contributed by atoms with Gasteiger partial charge in [0.25, 0.3) is 0 Å². The standard InChI is InChI=1S/C20H24Cl2N2O/c1-12-9-13(2)19(14(3)10-12)23-20(25)15(4)24(5)11-16-7-6-8-17(21)18(16)22/h6-10,15H,11H2,1-5H3,(H,23,25)/t15-/m0/s1. The molecule has 0 aliphatic rings. The maximum atomic E-state index is 12.7. The monoisotopic (exact) mass is 378 g/mol. The molecule has 1 amide bonds. The van der Waals surface area contributed by atoms with Crippen molar-refractivity contribution in [1.29, 1.82) is 0 Å². The lowest BCUT2D eigenvalue weighted by Crippen LogP contribution is -2.39. The average molecular weight is 379 g/mol. The first kappa shape index (κ1) is 19.8. The molecule has 2 aromatic carbocycles. The number of carbonyl (C=O) groups excluding carboxylic acids is 1. The van der Waals surface area contributed by atoms with Crippen LogP contribution in [0.2, 0.25) is 10.0 Å². The number of nitrogens with one attached hydrogen (secondary N) is 1. The number of halogens is 2. The van der Waals surface area contributed by atoms with Crippen LogP contribution >= 0.6 is 23.2 Å². The van der Waals surface area contributed by atoms with Crippen LogP contribution in [0.25, 0.3) is 0 Å². The zero-order chi connectivity index (χ0) is 18.7. The molecule has 0 saturated heterocycles. The SMILES string of the molecule is Cc1cc(C)c(NC(=O)[C@H](C)N(C)Cc2cccc(Cl)c2Cl)c(C)c1. The molecule has 0 aliphatic heterocycles. The van der Waals surface area contributed by atoms with Crippen LogP contribution in [0.4, 0.5) is 5.69 Å². The fourth-order valence-corrected chi connectivity index (χ4v) is 3.26. The second-order valence-electron chi connectivity index (χ2n) is 6.57. The van der Waals surface area contributed by atoms with E-state index >= 15 is 0 Å². The molecule has 0 aliphatic carbocycles. The molecule has 134 valence electrons. The summed E-state index contributed by atoms with van der Waals surface area (Å²) in [7, 11) is 1.90. The average Bonchev–Trinajstić information content (AvgIpc) is 2.54. The summed E-state index contributed by atoms with van der Waals surface area (Å²) in [5, 5.41) is 4.12. The Bertz CT molecular complexity index is 766. The van der Waals surface area contributed by atoms with Gasteiger partial charge in [0, 0.05) is 12.2 Å². The Balaban J connectivity index is 2.10. The van der Waals surface area contributed by atoms with E-state index in [0.29, 0.717) is 16.6 Å². The minimum atomic E-state index is -0.310. The van der Waals surface area contributed by atoms with E-state index < -0.39 is 0 Å². The normalized spacial score (nSPS) is 12.3. The predicted octanol–water partition coefficient (Wildman–Crippen LogP) is 5.38. The molecule has 0 aromatic heterocycles. The van der Waals surface area contributed by atoms with Crippen LogP contribution in [0, 0.1) is 20.8 Å². The third-order valence-electron chi connectivity index (χ3n) is 4.42. The second-order valence-corrected chi connectivity index (χ2v) is 7.35. The Morgan fingerprint density at radius 2 is 1.76 bits per heavy atom. The van der Waals surface area contributed by atoms with Gasteiger partial charge in [0.1, 0.15) is 0 Å². The Morgan fingerprint density at radius 3 is 2.36 bits per heavy atom. The molecule has 2 rings (SSSR count). The molecular weight excluding hydrogens is 355 g/mol. The molecule has 3 nitrogen and oxygen atoms in total. The summed E-state index contributed by atoms with van der Waals surface area (Å²) in [6, 6.07) is 9.37. The molecule has 0 fully saturated rings. The van der Waals surface area contributed by atoms with Crippen LogP contribution in [0.15, 0.2) is 30.3 Å². The van der Waals surface area contributed by atoms with Gasteiger partial charge in [-0.15, -0.1) is 0 Å². The Kier molecular flexibility index (Phi) is 6.50. The van der Waals surface area contributed by atoms with Crippen LogP contribution in [0.3, 0.4) is 0 Å². The number of nitrogens with zero attached hydrogens (tertiary/aromatic N) is 1. The highest BCUT2D eigenvalue weighted by atomic mass is 35.5. The first-order chi connectivity index (χ1) is 11.7. The highest BCUT2D eigenvalue weighted by Gasteiger charge is 2.20. The van der Waals surface area contributed by atoms with Crippen molar-refractivity contribution in [1.82, 2.24) is 4.90 Å². The van der Waals surface area contributed by atoms with Gasteiger partial charge in [-0.25, -0.2) is 0 Å². The van der Waals surface area contributed by atoms with Crippen molar-refractivity contribution >= 4 is 34.8 Å². The van der Waals surface area contributed by atoms with Gasteiger partial charge in [0.2, 0.25) is 5.91 Å². The fraction of sp³-hybridized carbons (Fsp3) is 0.350. The number of hydrogen-bond donors (Lipinski definition) is 1. The number of carbonyl (C=O) groups is 1. The maximum Gasteiger partial charge on any atom is 0.241 e. The van der Waals surface area contributed by atoms with Crippen molar-refractivity contribution in [2.75, 3.05) is 12.4 Å². The summed E-state index contributed by atoms with van der Waals surface area (Å²) < 4.78 is 0. The van der Waals surface area contributed by atoms with Crippen LogP contribution in [-0.2, 0) is 11.3 Å². The van der Waals surface area contributed by atoms with Gasteiger partial charge in [-0.05, 0) is 57.5 Å². The highest BCUT2D eigenvalue weighted by molar-refractivity contribution is 6.42. The third kappa shape index (κ3) is 4.75. The number of aryl methyl sites for hydroxylation is 3. The number of amides is 1. The Morgan fingerprint density at radius 1 is 1.16 bits per heavy atom. The molecule has 0 saturated carbocycles. The van der Waals surface area contributed by atoms with Gasteiger partial charge in [0.15, 0.2) is 0 Å². The topological polar surface area (TPSA) is 32.3 Å². The summed E-state index contributed by atoms with van der Waals surface area (Å²) in [6.07, 6.45) is 0. The zero-order valence-corrected chi connectivity index (χ0v) is 16.8. The lowest BCUT2D eigenvalue weighted by molar-refractivity contribution is -0.120. The summed E-state index contributed by atoms with van der Waals surface area (Å²) in [5.41, 5.74) is 5.11. The molecule has 1 N–H and O–H groups in total. The van der Waals surface area contributed by atoms with E-state index in [1.54, 1.807) is 6.07 Å². The molecule has 25 heavy (non-hydrogen) atoms. The molecule has 1 atom stereocenters. The Hall–Kier alpha value is -1.55. The number of anilines is 1. The quantitative estimate of drug-likeness (QED) is 0.757. The van der Waals surface area contributed by atoms with Crippen LogP contribution in [0.1, 0.15) is 29.2 Å². The van der Waals surface area contributed by atoms with E-state index in [1.807, 2.05) is 44.9 Å². The van der Waals surface area contributed by atoms with Crippen molar-refractivity contribution in [3.63, 3.8) is 0 Å². The first-order valence-corrected chi connectivity index (χ1v) is 8.98. The van der Waals surface area contributed by atoms with Crippen LogP contribution < -0.4 is 5.32 Å². The van der Waals surface area contributed by atoms with E-state index in [2.05, 4.69) is 24.4 Å². The predicted molar refractivity (Wildman–Crippen MR) is 107 cm³/mol. The number of likely N-dealkylation sites (N-methyl/N-ethyl adjacent to an activating group) is 1. The van der Waals surface area contributed by atoms with Gasteiger partial charge in [-0.3, -0.25) is 9.69 Å².